The van der Waals surface area contributed by atoms with E-state index >= 15 is 0 Å². The third kappa shape index (κ3) is 3.21. The van der Waals surface area contributed by atoms with Gasteiger partial charge in [0.2, 0.25) is 0 Å². The SMILES string of the molecule is Cc1nn(C)c(Cl)c1CNCCN(C)C1CC1. The predicted octanol–water partition coefficient (Wildman–Crippen LogP) is 1.57. The van der Waals surface area contributed by atoms with Crippen molar-refractivity contribution in [2.45, 2.75) is 32.4 Å². The van der Waals surface area contributed by atoms with Gasteiger partial charge in [0.1, 0.15) is 5.15 Å². The summed E-state index contributed by atoms with van der Waals surface area (Å²) in [5.74, 6) is 0. The van der Waals surface area contributed by atoms with Crippen LogP contribution in [0.25, 0.3) is 0 Å². The van der Waals surface area contributed by atoms with Crippen LogP contribution in [0.5, 0.6) is 0 Å². The van der Waals surface area contributed by atoms with E-state index < -0.39 is 0 Å². The lowest BCUT2D eigenvalue weighted by atomic mass is 10.2. The monoisotopic (exact) mass is 256 g/mol. The summed E-state index contributed by atoms with van der Waals surface area (Å²) < 4.78 is 1.73. The van der Waals surface area contributed by atoms with Gasteiger partial charge in [0.05, 0.1) is 5.69 Å². The Kier molecular flexibility index (Phi) is 4.07. The Morgan fingerprint density at radius 2 is 2.24 bits per heavy atom. The Bertz CT molecular complexity index is 384. The molecule has 0 atom stereocenters. The fraction of sp³-hybridized carbons (Fsp3) is 0.750. The standard InChI is InChI=1S/C12H21ClN4/c1-9-11(12(13)17(3)15-9)8-14-6-7-16(2)10-4-5-10/h10,14H,4-8H2,1-3H3. The summed E-state index contributed by atoms with van der Waals surface area (Å²) in [6, 6.07) is 0.834. The average Bonchev–Trinajstić information content (AvgIpc) is 3.08. The molecule has 1 N–H and O–H groups in total. The first-order valence-corrected chi connectivity index (χ1v) is 6.56. The minimum Gasteiger partial charge on any atom is -0.311 e. The van der Waals surface area contributed by atoms with Crippen LogP contribution in [0.3, 0.4) is 0 Å². The lowest BCUT2D eigenvalue weighted by molar-refractivity contribution is 0.321. The lowest BCUT2D eigenvalue weighted by Crippen LogP contribution is -2.30. The van der Waals surface area contributed by atoms with Crippen molar-refractivity contribution in [3.8, 4) is 0 Å². The van der Waals surface area contributed by atoms with Crippen molar-refractivity contribution in [3.63, 3.8) is 0 Å². The van der Waals surface area contributed by atoms with Crippen molar-refractivity contribution in [1.29, 1.82) is 0 Å². The minimum absolute atomic E-state index is 0.741. The van der Waals surface area contributed by atoms with E-state index in [9.17, 15) is 0 Å². The third-order valence-electron chi connectivity index (χ3n) is 3.38. The van der Waals surface area contributed by atoms with Crippen LogP contribution < -0.4 is 5.32 Å². The van der Waals surface area contributed by atoms with Gasteiger partial charge in [-0.1, -0.05) is 11.6 Å². The van der Waals surface area contributed by atoms with E-state index in [1.54, 1.807) is 4.68 Å². The Morgan fingerprint density at radius 1 is 1.53 bits per heavy atom. The molecule has 0 aliphatic heterocycles. The number of nitrogens with one attached hydrogen (secondary N) is 1. The Morgan fingerprint density at radius 3 is 2.76 bits per heavy atom. The Labute approximate surface area is 108 Å². The van der Waals surface area contributed by atoms with Gasteiger partial charge in [0, 0.05) is 38.3 Å². The summed E-state index contributed by atoms with van der Waals surface area (Å²) in [5, 5.41) is 8.47. The molecule has 5 heteroatoms. The maximum absolute atomic E-state index is 6.17. The number of nitrogens with zero attached hydrogens (tertiary/aromatic N) is 3. The maximum Gasteiger partial charge on any atom is 0.131 e. The van der Waals surface area contributed by atoms with Gasteiger partial charge in [-0.25, -0.2) is 0 Å². The molecular weight excluding hydrogens is 236 g/mol. The van der Waals surface area contributed by atoms with Crippen molar-refractivity contribution < 1.29 is 0 Å². The second kappa shape index (κ2) is 5.38. The number of hydrogen-bond donors (Lipinski definition) is 1. The molecule has 1 saturated carbocycles. The summed E-state index contributed by atoms with van der Waals surface area (Å²) in [7, 11) is 4.07. The van der Waals surface area contributed by atoms with Gasteiger partial charge in [-0.2, -0.15) is 5.10 Å². The second-order valence-electron chi connectivity index (χ2n) is 4.87. The molecule has 0 amide bonds. The summed E-state index contributed by atoms with van der Waals surface area (Å²) >= 11 is 6.17. The van der Waals surface area contributed by atoms with Gasteiger partial charge in [0.15, 0.2) is 0 Å². The van der Waals surface area contributed by atoms with E-state index in [0.29, 0.717) is 0 Å². The van der Waals surface area contributed by atoms with Gasteiger partial charge in [-0.15, -0.1) is 0 Å². The van der Waals surface area contributed by atoms with Gasteiger partial charge in [-0.3, -0.25) is 4.68 Å². The smallest absolute Gasteiger partial charge is 0.131 e. The molecule has 96 valence electrons. The van der Waals surface area contributed by atoms with Crippen molar-refractivity contribution in [1.82, 2.24) is 20.0 Å². The molecule has 2 rings (SSSR count). The minimum atomic E-state index is 0.741. The third-order valence-corrected chi connectivity index (χ3v) is 3.86. The van der Waals surface area contributed by atoms with Crippen LogP contribution in [0.2, 0.25) is 5.15 Å². The molecule has 0 radical (unpaired) electrons. The molecule has 1 heterocycles. The molecule has 1 fully saturated rings. The van der Waals surface area contributed by atoms with E-state index in [4.69, 9.17) is 11.6 Å². The zero-order valence-corrected chi connectivity index (χ0v) is 11.6. The quantitative estimate of drug-likeness (QED) is 0.785. The molecule has 1 aromatic rings. The van der Waals surface area contributed by atoms with Crippen LogP contribution in [0, 0.1) is 6.92 Å². The Hall–Kier alpha value is -0.580. The second-order valence-corrected chi connectivity index (χ2v) is 5.22. The van der Waals surface area contributed by atoms with E-state index in [-0.39, 0.29) is 0 Å². The zero-order valence-electron chi connectivity index (χ0n) is 10.8. The molecule has 0 unspecified atom stereocenters. The van der Waals surface area contributed by atoms with Crippen molar-refractivity contribution in [2.75, 3.05) is 20.1 Å². The molecule has 1 aliphatic carbocycles. The fourth-order valence-electron chi connectivity index (χ4n) is 2.04. The van der Waals surface area contributed by atoms with Crippen LogP contribution in [0.4, 0.5) is 0 Å². The van der Waals surface area contributed by atoms with Crippen molar-refractivity contribution >= 4 is 11.6 Å². The normalized spacial score (nSPS) is 15.8. The first kappa shape index (κ1) is 12.9. The average molecular weight is 257 g/mol. The summed E-state index contributed by atoms with van der Waals surface area (Å²) in [6.07, 6.45) is 2.73. The van der Waals surface area contributed by atoms with Crippen LogP contribution in [-0.2, 0) is 13.6 Å². The predicted molar refractivity (Wildman–Crippen MR) is 70.3 cm³/mol. The van der Waals surface area contributed by atoms with Crippen LogP contribution in [-0.4, -0.2) is 40.9 Å². The molecule has 0 saturated heterocycles. The highest BCUT2D eigenvalue weighted by molar-refractivity contribution is 6.30. The number of aryl methyl sites for hydroxylation is 2. The van der Waals surface area contributed by atoms with Crippen molar-refractivity contribution in [3.05, 3.63) is 16.4 Å². The molecule has 1 aromatic heterocycles. The summed E-state index contributed by atoms with van der Waals surface area (Å²) in [5.41, 5.74) is 2.13. The number of aromatic nitrogens is 2. The topological polar surface area (TPSA) is 33.1 Å². The maximum atomic E-state index is 6.17. The molecular formula is C12H21ClN4. The molecule has 0 spiro atoms. The zero-order chi connectivity index (χ0) is 12.4. The Balaban J connectivity index is 1.73. The van der Waals surface area contributed by atoms with Gasteiger partial charge < -0.3 is 10.2 Å². The largest absolute Gasteiger partial charge is 0.311 e. The van der Waals surface area contributed by atoms with E-state index in [2.05, 4.69) is 22.4 Å². The number of hydrogen-bond acceptors (Lipinski definition) is 3. The van der Waals surface area contributed by atoms with Crippen LogP contribution in [0.1, 0.15) is 24.1 Å². The summed E-state index contributed by atoms with van der Waals surface area (Å²) in [6.45, 7) is 4.90. The highest BCUT2D eigenvalue weighted by Crippen LogP contribution is 2.24. The van der Waals surface area contributed by atoms with E-state index in [1.807, 2.05) is 14.0 Å². The number of halogens is 1. The highest BCUT2D eigenvalue weighted by Gasteiger charge is 2.25. The molecule has 17 heavy (non-hydrogen) atoms. The molecule has 0 aromatic carbocycles. The number of rotatable bonds is 6. The van der Waals surface area contributed by atoms with Gasteiger partial charge in [0.25, 0.3) is 0 Å². The van der Waals surface area contributed by atoms with Gasteiger partial charge >= 0.3 is 0 Å². The van der Waals surface area contributed by atoms with Crippen LogP contribution in [0.15, 0.2) is 0 Å². The van der Waals surface area contributed by atoms with Crippen LogP contribution >= 0.6 is 11.6 Å². The van der Waals surface area contributed by atoms with E-state index in [1.165, 1.54) is 12.8 Å². The van der Waals surface area contributed by atoms with Gasteiger partial charge in [-0.05, 0) is 26.8 Å². The summed E-state index contributed by atoms with van der Waals surface area (Å²) in [4.78, 5) is 2.42. The number of likely N-dealkylation sites (N-methyl/N-ethyl adjacent to an activating group) is 1. The highest BCUT2D eigenvalue weighted by atomic mass is 35.5. The fourth-order valence-corrected chi connectivity index (χ4v) is 2.28. The first-order valence-electron chi connectivity index (χ1n) is 6.18. The molecule has 0 bridgehead atoms. The first-order chi connectivity index (χ1) is 8.09. The van der Waals surface area contributed by atoms with E-state index in [0.717, 1.165) is 42.1 Å². The van der Waals surface area contributed by atoms with Crippen molar-refractivity contribution in [2.24, 2.45) is 7.05 Å². The molecule has 1 aliphatic rings. The molecule has 4 nitrogen and oxygen atoms in total. The lowest BCUT2D eigenvalue weighted by Gasteiger charge is -2.15.